The zero-order chi connectivity index (χ0) is 47.3. The molecule has 1 aromatic heterocycles. The van der Waals surface area contributed by atoms with E-state index in [2.05, 4.69) is 261 Å². The number of fused-ring (bicyclic) bond motifs is 9. The average molecular weight is 933 g/mol. The van der Waals surface area contributed by atoms with E-state index in [0.717, 1.165) is 56.1 Å². The van der Waals surface area contributed by atoms with Crippen LogP contribution in [-0.2, 0) is 0 Å². The fourth-order valence-electron chi connectivity index (χ4n) is 11.4. The molecule has 12 aromatic rings. The minimum Gasteiger partial charge on any atom is -0.454 e. The quantitative estimate of drug-likeness (QED) is 0.112. The average Bonchev–Trinajstić information content (AvgIpc) is 3.78. The van der Waals surface area contributed by atoms with Crippen molar-refractivity contribution in [1.82, 2.24) is 0 Å². The largest absolute Gasteiger partial charge is 0.454 e. The maximum absolute atomic E-state index is 6.68. The van der Waals surface area contributed by atoms with E-state index in [0.29, 0.717) is 0 Å². The van der Waals surface area contributed by atoms with E-state index in [1.165, 1.54) is 70.1 Å². The van der Waals surface area contributed by atoms with E-state index in [-0.39, 0.29) is 0 Å². The maximum atomic E-state index is 6.68. The van der Waals surface area contributed by atoms with Gasteiger partial charge in [0.15, 0.2) is 5.58 Å². The van der Waals surface area contributed by atoms with Gasteiger partial charge in [-0.2, -0.15) is 0 Å². The number of hydrogen-bond acceptors (Lipinski definition) is 3. The first-order valence-electron chi connectivity index (χ1n) is 24.5. The van der Waals surface area contributed by atoms with E-state index >= 15 is 0 Å². The fourth-order valence-corrected chi connectivity index (χ4v) is 15.7. The molecule has 0 saturated heterocycles. The maximum Gasteiger partial charge on any atom is 0.159 e. The lowest BCUT2D eigenvalue weighted by Gasteiger charge is -2.35. The number of hydrogen-bond donors (Lipinski definition) is 0. The zero-order valence-electron chi connectivity index (χ0n) is 40.2. The van der Waals surface area contributed by atoms with Crippen molar-refractivity contribution in [2.75, 3.05) is 9.80 Å². The Morgan fingerprint density at radius 2 is 0.914 bits per heavy atom. The van der Waals surface area contributed by atoms with Crippen LogP contribution in [0.2, 0.25) is 32.7 Å². The van der Waals surface area contributed by atoms with Crippen LogP contribution in [0.5, 0.6) is 0 Å². The van der Waals surface area contributed by atoms with Gasteiger partial charge in [-0.05, 0) is 150 Å². The van der Waals surface area contributed by atoms with Crippen LogP contribution in [0.4, 0.5) is 34.1 Å². The molecule has 0 unspecified atom stereocenters. The molecular weight excluding hydrogens is 881 g/mol. The second-order valence-corrected chi connectivity index (χ2v) is 29.9. The van der Waals surface area contributed by atoms with Crippen LogP contribution < -0.4 is 25.4 Å². The standard InChI is InChI=1S/C65H52N2OSi2/c1-69(2,3)49-37-34-47(35-38-49)66(44-18-8-6-9-19-44)46-32-30-43(31-33-46)56-41-58-54-25-17-29-62-64(54)59(42-57(58)51-23-13-12-22-50(51)56)53-39-36-48(40-63(53)70(62,4)5)67(45-20-10-7-11-21-45)60-27-16-26-55-52-24-14-15-28-61(52)68-65(55)60/h6-42H,1-5H3. The summed E-state index contributed by atoms with van der Waals surface area (Å²) in [6.45, 7) is 12.3. The van der Waals surface area contributed by atoms with Crippen LogP contribution in [0.1, 0.15) is 0 Å². The van der Waals surface area contributed by atoms with E-state index in [9.17, 15) is 0 Å². The molecule has 0 saturated carbocycles. The molecule has 0 N–H and O–H groups in total. The second-order valence-electron chi connectivity index (χ2n) is 20.5. The summed E-state index contributed by atoms with van der Waals surface area (Å²) in [6.07, 6.45) is 0. The third-order valence-electron chi connectivity index (χ3n) is 15.0. The molecule has 0 atom stereocenters. The van der Waals surface area contributed by atoms with Gasteiger partial charge in [0.25, 0.3) is 0 Å². The van der Waals surface area contributed by atoms with Gasteiger partial charge < -0.3 is 14.2 Å². The summed E-state index contributed by atoms with van der Waals surface area (Å²) >= 11 is 0. The summed E-state index contributed by atoms with van der Waals surface area (Å²) in [6, 6.07) is 83.1. The predicted molar refractivity (Wildman–Crippen MR) is 306 cm³/mol. The van der Waals surface area contributed by atoms with Crippen LogP contribution in [0.3, 0.4) is 0 Å². The van der Waals surface area contributed by atoms with E-state index in [1.807, 2.05) is 6.07 Å². The lowest BCUT2D eigenvalue weighted by atomic mass is 9.87. The number of furan rings is 1. The number of para-hydroxylation sites is 4. The smallest absolute Gasteiger partial charge is 0.159 e. The molecule has 0 fully saturated rings. The van der Waals surface area contributed by atoms with E-state index in [1.54, 1.807) is 0 Å². The molecule has 11 aromatic carbocycles. The molecule has 0 radical (unpaired) electrons. The van der Waals surface area contributed by atoms with E-state index < -0.39 is 16.1 Å². The van der Waals surface area contributed by atoms with Crippen molar-refractivity contribution in [2.45, 2.75) is 32.7 Å². The molecule has 1 aliphatic heterocycles. The number of benzene rings is 11. The SMILES string of the molecule is C[Si](C)(C)c1ccc(N(c2ccccc2)c2ccc(-c3cc4c5cccc6c5c(cc4c4ccccc34)-c3ccc(N(c4ccccc4)c4cccc5c4oc4ccccc45)cc3[Si]6(C)C)cc2)cc1. The Kier molecular flexibility index (Phi) is 9.67. The second kappa shape index (κ2) is 16.1. The van der Waals surface area contributed by atoms with Gasteiger partial charge in [0, 0.05) is 39.2 Å². The molecule has 13 rings (SSSR count). The molecule has 0 bridgehead atoms. The van der Waals surface area contributed by atoms with Crippen molar-refractivity contribution in [3.05, 3.63) is 224 Å². The molecule has 0 amide bonds. The normalized spacial score (nSPS) is 13.0. The van der Waals surface area contributed by atoms with Crippen molar-refractivity contribution in [1.29, 1.82) is 0 Å². The molecule has 0 spiro atoms. The molecule has 5 heteroatoms. The first-order valence-corrected chi connectivity index (χ1v) is 31.0. The van der Waals surface area contributed by atoms with Gasteiger partial charge in [-0.25, -0.2) is 0 Å². The minimum absolute atomic E-state index is 0.891. The Labute approximate surface area is 411 Å². The summed E-state index contributed by atoms with van der Waals surface area (Å²) in [5, 5.41) is 14.5. The van der Waals surface area contributed by atoms with Gasteiger partial charge >= 0.3 is 0 Å². The lowest BCUT2D eigenvalue weighted by molar-refractivity contribution is 0.669. The van der Waals surface area contributed by atoms with Crippen LogP contribution >= 0.6 is 0 Å². The van der Waals surface area contributed by atoms with Crippen molar-refractivity contribution < 1.29 is 4.42 Å². The molecule has 70 heavy (non-hydrogen) atoms. The van der Waals surface area contributed by atoms with Crippen LogP contribution in [0, 0.1) is 0 Å². The summed E-state index contributed by atoms with van der Waals surface area (Å²) in [4.78, 5) is 4.76. The van der Waals surface area contributed by atoms with Crippen LogP contribution in [0.15, 0.2) is 229 Å². The summed E-state index contributed by atoms with van der Waals surface area (Å²) in [7, 11) is -3.72. The Bertz CT molecular complexity index is 4000. The van der Waals surface area contributed by atoms with Gasteiger partial charge in [-0.1, -0.05) is 177 Å². The highest BCUT2D eigenvalue weighted by molar-refractivity contribution is 7.03. The van der Waals surface area contributed by atoms with Crippen molar-refractivity contribution in [3.8, 4) is 22.3 Å². The van der Waals surface area contributed by atoms with Crippen molar-refractivity contribution in [3.63, 3.8) is 0 Å². The topological polar surface area (TPSA) is 19.6 Å². The van der Waals surface area contributed by atoms with Gasteiger partial charge in [-0.3, -0.25) is 0 Å². The summed E-state index contributed by atoms with van der Waals surface area (Å²) < 4.78 is 6.68. The van der Waals surface area contributed by atoms with Gasteiger partial charge in [0.2, 0.25) is 0 Å². The zero-order valence-corrected chi connectivity index (χ0v) is 42.2. The first-order chi connectivity index (χ1) is 34.1. The van der Waals surface area contributed by atoms with Crippen molar-refractivity contribution >= 4 is 120 Å². The molecule has 336 valence electrons. The summed E-state index contributed by atoms with van der Waals surface area (Å²) in [5.41, 5.74) is 13.6. The Balaban J connectivity index is 0.959. The highest BCUT2D eigenvalue weighted by Gasteiger charge is 2.37. The van der Waals surface area contributed by atoms with Crippen LogP contribution in [-0.4, -0.2) is 16.1 Å². The van der Waals surface area contributed by atoms with Crippen LogP contribution in [0.25, 0.3) is 76.5 Å². The van der Waals surface area contributed by atoms with E-state index in [4.69, 9.17) is 4.42 Å². The van der Waals surface area contributed by atoms with Gasteiger partial charge in [0.05, 0.1) is 13.8 Å². The first kappa shape index (κ1) is 42.2. The molecule has 1 aliphatic rings. The third-order valence-corrected chi connectivity index (χ3v) is 20.6. The minimum atomic E-state index is -2.28. The predicted octanol–water partition coefficient (Wildman–Crippen LogP) is 17.0. The fraction of sp³-hybridized carbons (Fsp3) is 0.0769. The Morgan fingerprint density at radius 1 is 0.371 bits per heavy atom. The van der Waals surface area contributed by atoms with Gasteiger partial charge in [-0.15, -0.1) is 0 Å². The lowest BCUT2D eigenvalue weighted by Crippen LogP contribution is -2.56. The molecule has 2 heterocycles. The molecule has 0 aliphatic carbocycles. The third kappa shape index (κ3) is 6.68. The number of rotatable bonds is 8. The molecular formula is C65H52N2OSi2. The highest BCUT2D eigenvalue weighted by Crippen LogP contribution is 2.47. The number of nitrogens with zero attached hydrogens (tertiary/aromatic N) is 2. The Morgan fingerprint density at radius 3 is 1.63 bits per heavy atom. The molecule has 3 nitrogen and oxygen atoms in total. The van der Waals surface area contributed by atoms with Gasteiger partial charge in [0.1, 0.15) is 13.7 Å². The number of anilines is 6. The Hall–Kier alpha value is -7.97. The summed E-state index contributed by atoms with van der Waals surface area (Å²) in [5.74, 6) is 0. The monoisotopic (exact) mass is 932 g/mol. The van der Waals surface area contributed by atoms with Crippen molar-refractivity contribution in [2.24, 2.45) is 0 Å². The highest BCUT2D eigenvalue weighted by atomic mass is 28.3.